The zero-order valence-corrected chi connectivity index (χ0v) is 13.7. The van der Waals surface area contributed by atoms with Crippen LogP contribution < -0.4 is 0 Å². The summed E-state index contributed by atoms with van der Waals surface area (Å²) in [5.74, 6) is 1.98. The number of amides is 1. The first-order valence-corrected chi connectivity index (χ1v) is 8.40. The molecule has 2 heterocycles. The summed E-state index contributed by atoms with van der Waals surface area (Å²) in [6, 6.07) is 14.0. The molecule has 0 radical (unpaired) electrons. The first-order chi connectivity index (χ1) is 11.3. The van der Waals surface area contributed by atoms with Gasteiger partial charge >= 0.3 is 0 Å². The summed E-state index contributed by atoms with van der Waals surface area (Å²) in [5, 5.41) is 0. The molecule has 23 heavy (non-hydrogen) atoms. The van der Waals surface area contributed by atoms with Gasteiger partial charge in [-0.1, -0.05) is 37.3 Å². The molecule has 4 heteroatoms. The Labute approximate surface area is 137 Å². The van der Waals surface area contributed by atoms with Gasteiger partial charge < -0.3 is 14.2 Å². The van der Waals surface area contributed by atoms with Crippen LogP contribution in [-0.2, 0) is 11.2 Å². The molecule has 0 saturated carbocycles. The molecule has 1 aliphatic heterocycles. The van der Waals surface area contributed by atoms with E-state index < -0.39 is 0 Å². The highest BCUT2D eigenvalue weighted by molar-refractivity contribution is 5.76. The van der Waals surface area contributed by atoms with E-state index in [4.69, 9.17) is 4.42 Å². The van der Waals surface area contributed by atoms with Gasteiger partial charge in [-0.05, 0) is 18.7 Å². The lowest BCUT2D eigenvalue weighted by Gasteiger charge is -2.34. The van der Waals surface area contributed by atoms with Gasteiger partial charge in [-0.15, -0.1) is 0 Å². The van der Waals surface area contributed by atoms with Crippen molar-refractivity contribution in [2.24, 2.45) is 0 Å². The molecule has 1 amide bonds. The van der Waals surface area contributed by atoms with Crippen molar-refractivity contribution >= 4 is 5.91 Å². The monoisotopic (exact) mass is 312 g/mol. The van der Waals surface area contributed by atoms with Crippen LogP contribution in [0.2, 0.25) is 0 Å². The average molecular weight is 312 g/mol. The molecule has 0 aliphatic carbocycles. The molecule has 122 valence electrons. The van der Waals surface area contributed by atoms with Crippen LogP contribution >= 0.6 is 0 Å². The molecule has 1 aromatic carbocycles. The van der Waals surface area contributed by atoms with Gasteiger partial charge in [0.1, 0.15) is 11.5 Å². The third kappa shape index (κ3) is 4.02. The first kappa shape index (κ1) is 15.8. The highest BCUT2D eigenvalue weighted by Crippen LogP contribution is 2.22. The van der Waals surface area contributed by atoms with Gasteiger partial charge in [-0.25, -0.2) is 0 Å². The van der Waals surface area contributed by atoms with Gasteiger partial charge in [-0.2, -0.15) is 0 Å². The molecule has 1 saturated heterocycles. The van der Waals surface area contributed by atoms with Crippen LogP contribution in [0.4, 0.5) is 0 Å². The molecule has 0 unspecified atom stereocenters. The maximum atomic E-state index is 12.3. The van der Waals surface area contributed by atoms with Crippen molar-refractivity contribution in [3.05, 3.63) is 48.2 Å². The lowest BCUT2D eigenvalue weighted by Crippen LogP contribution is -2.48. The molecular formula is C19H24N2O2. The van der Waals surface area contributed by atoms with E-state index in [2.05, 4.69) is 11.8 Å². The van der Waals surface area contributed by atoms with E-state index in [0.717, 1.165) is 49.8 Å². The smallest absolute Gasteiger partial charge is 0.223 e. The van der Waals surface area contributed by atoms with Crippen molar-refractivity contribution in [1.29, 1.82) is 0 Å². The predicted octanol–water partition coefficient (Wildman–Crippen LogP) is 3.04. The van der Waals surface area contributed by atoms with E-state index in [1.165, 1.54) is 0 Å². The molecule has 0 bridgehead atoms. The number of furan rings is 1. The fourth-order valence-electron chi connectivity index (χ4n) is 2.97. The summed E-state index contributed by atoms with van der Waals surface area (Å²) in [5.41, 5.74) is 1.07. The maximum Gasteiger partial charge on any atom is 0.223 e. The summed E-state index contributed by atoms with van der Waals surface area (Å²) in [6.07, 6.45) is 1.19. The Bertz CT molecular complexity index is 628. The van der Waals surface area contributed by atoms with Crippen LogP contribution in [0, 0.1) is 0 Å². The van der Waals surface area contributed by atoms with Crippen LogP contribution in [0.3, 0.4) is 0 Å². The summed E-state index contributed by atoms with van der Waals surface area (Å²) in [6.45, 7) is 6.90. The standard InChI is InChI=1S/C19H24N2O2/c1-2-20-12-14-21(15-13-20)19(22)11-9-17-8-10-18(23-17)16-6-4-3-5-7-16/h3-8,10H,2,9,11-15H2,1H3. The lowest BCUT2D eigenvalue weighted by molar-refractivity contribution is -0.132. The third-order valence-corrected chi connectivity index (χ3v) is 4.48. The molecule has 2 aromatic rings. The molecule has 1 aliphatic rings. The molecule has 1 fully saturated rings. The van der Waals surface area contributed by atoms with Crippen LogP contribution in [0.1, 0.15) is 19.1 Å². The number of piperazine rings is 1. The van der Waals surface area contributed by atoms with Crippen molar-refractivity contribution in [3.63, 3.8) is 0 Å². The minimum absolute atomic E-state index is 0.235. The number of likely N-dealkylation sites (N-methyl/N-ethyl adjacent to an activating group) is 1. The average Bonchev–Trinajstić information content (AvgIpc) is 3.09. The number of carbonyl (C=O) groups excluding carboxylic acids is 1. The van der Waals surface area contributed by atoms with E-state index in [1.807, 2.05) is 47.4 Å². The van der Waals surface area contributed by atoms with Crippen molar-refractivity contribution in [2.75, 3.05) is 32.7 Å². The Morgan fingerprint density at radius 3 is 2.48 bits per heavy atom. The van der Waals surface area contributed by atoms with Gasteiger partial charge in [0.15, 0.2) is 0 Å². The van der Waals surface area contributed by atoms with Crippen molar-refractivity contribution in [1.82, 2.24) is 9.80 Å². The Morgan fingerprint density at radius 2 is 1.78 bits per heavy atom. The van der Waals surface area contributed by atoms with Gasteiger partial charge in [0, 0.05) is 44.6 Å². The minimum atomic E-state index is 0.235. The second-order valence-electron chi connectivity index (χ2n) is 5.95. The topological polar surface area (TPSA) is 36.7 Å². The summed E-state index contributed by atoms with van der Waals surface area (Å²) >= 11 is 0. The minimum Gasteiger partial charge on any atom is -0.461 e. The van der Waals surface area contributed by atoms with E-state index in [9.17, 15) is 4.79 Å². The summed E-state index contributed by atoms with van der Waals surface area (Å²) < 4.78 is 5.86. The Balaban J connectivity index is 1.51. The van der Waals surface area contributed by atoms with Gasteiger partial charge in [0.05, 0.1) is 0 Å². The lowest BCUT2D eigenvalue weighted by atomic mass is 10.2. The quantitative estimate of drug-likeness (QED) is 0.851. The van der Waals surface area contributed by atoms with Crippen LogP contribution in [0.5, 0.6) is 0 Å². The molecule has 0 atom stereocenters. The Kier molecular flexibility index (Phi) is 5.13. The molecule has 3 rings (SSSR count). The van der Waals surface area contributed by atoms with Gasteiger partial charge in [-0.3, -0.25) is 4.79 Å². The van der Waals surface area contributed by atoms with Crippen LogP contribution in [0.15, 0.2) is 46.9 Å². The summed E-state index contributed by atoms with van der Waals surface area (Å²) in [4.78, 5) is 16.7. The SMILES string of the molecule is CCN1CCN(C(=O)CCc2ccc(-c3ccccc3)o2)CC1. The Hall–Kier alpha value is -2.07. The van der Waals surface area contributed by atoms with Gasteiger partial charge in [0.2, 0.25) is 5.91 Å². The molecule has 0 N–H and O–H groups in total. The van der Waals surface area contributed by atoms with Crippen molar-refractivity contribution in [3.8, 4) is 11.3 Å². The first-order valence-electron chi connectivity index (χ1n) is 8.40. The second-order valence-corrected chi connectivity index (χ2v) is 5.95. The molecule has 0 spiro atoms. The fraction of sp³-hybridized carbons (Fsp3) is 0.421. The zero-order valence-electron chi connectivity index (χ0n) is 13.7. The zero-order chi connectivity index (χ0) is 16.1. The second kappa shape index (κ2) is 7.47. The van der Waals surface area contributed by atoms with E-state index in [1.54, 1.807) is 0 Å². The van der Waals surface area contributed by atoms with Crippen LogP contribution in [-0.4, -0.2) is 48.4 Å². The van der Waals surface area contributed by atoms with Crippen LogP contribution in [0.25, 0.3) is 11.3 Å². The number of nitrogens with zero attached hydrogens (tertiary/aromatic N) is 2. The third-order valence-electron chi connectivity index (χ3n) is 4.48. The Morgan fingerprint density at radius 1 is 1.04 bits per heavy atom. The van der Waals surface area contributed by atoms with Crippen molar-refractivity contribution < 1.29 is 9.21 Å². The molecule has 4 nitrogen and oxygen atoms in total. The molecular weight excluding hydrogens is 288 g/mol. The number of carbonyl (C=O) groups is 1. The number of benzene rings is 1. The number of hydrogen-bond donors (Lipinski definition) is 0. The number of rotatable bonds is 5. The largest absolute Gasteiger partial charge is 0.461 e. The summed E-state index contributed by atoms with van der Waals surface area (Å²) in [7, 11) is 0. The fourth-order valence-corrected chi connectivity index (χ4v) is 2.97. The normalized spacial score (nSPS) is 15.8. The van der Waals surface area contributed by atoms with E-state index in [0.29, 0.717) is 12.8 Å². The van der Waals surface area contributed by atoms with E-state index >= 15 is 0 Å². The highest BCUT2D eigenvalue weighted by atomic mass is 16.3. The maximum absolute atomic E-state index is 12.3. The predicted molar refractivity (Wildman–Crippen MR) is 91.2 cm³/mol. The van der Waals surface area contributed by atoms with Crippen molar-refractivity contribution in [2.45, 2.75) is 19.8 Å². The van der Waals surface area contributed by atoms with Gasteiger partial charge in [0.25, 0.3) is 0 Å². The number of hydrogen-bond acceptors (Lipinski definition) is 3. The van der Waals surface area contributed by atoms with E-state index in [-0.39, 0.29) is 5.91 Å². The molecule has 1 aromatic heterocycles. The highest BCUT2D eigenvalue weighted by Gasteiger charge is 2.20. The number of aryl methyl sites for hydroxylation is 1.